The molecule has 14 nitrogen and oxygen atoms in total. The number of carbonyl (C=O) groups is 4. The topological polar surface area (TPSA) is 214 Å². The molecular formula is C46H72O14S2. The molecule has 0 spiro atoms. The molecule has 0 aromatic rings. The van der Waals surface area contributed by atoms with E-state index in [9.17, 15) is 45.1 Å². The van der Waals surface area contributed by atoms with E-state index in [1.807, 2.05) is 0 Å². The van der Waals surface area contributed by atoms with Crippen LogP contribution in [0.5, 0.6) is 0 Å². The van der Waals surface area contributed by atoms with E-state index in [-0.39, 0.29) is 36.4 Å². The molecular weight excluding hydrogens is 841 g/mol. The van der Waals surface area contributed by atoms with Crippen molar-refractivity contribution in [1.29, 1.82) is 0 Å². The molecule has 9 saturated carbocycles. The smallest absolute Gasteiger partial charge is 0.342 e. The van der Waals surface area contributed by atoms with Gasteiger partial charge in [0.15, 0.2) is 0 Å². The van der Waals surface area contributed by atoms with Crippen molar-refractivity contribution in [3.8, 4) is 0 Å². The van der Waals surface area contributed by atoms with Crippen LogP contribution >= 0.6 is 0 Å². The van der Waals surface area contributed by atoms with Gasteiger partial charge in [-0.15, -0.1) is 0 Å². The Morgan fingerprint density at radius 3 is 1.56 bits per heavy atom. The number of hydrogen-bond acceptors (Lipinski definition) is 12. The molecule has 16 heteroatoms. The molecule has 0 aromatic heterocycles. The van der Waals surface area contributed by atoms with Crippen LogP contribution in [-0.2, 0) is 58.4 Å². The Labute approximate surface area is 368 Å². The van der Waals surface area contributed by atoms with Gasteiger partial charge in [0.25, 0.3) is 29.7 Å². The highest BCUT2D eigenvalue weighted by Gasteiger charge is 2.62. The summed E-state index contributed by atoms with van der Waals surface area (Å²) in [6.45, 7) is 8.53. The van der Waals surface area contributed by atoms with E-state index in [2.05, 4.69) is 0 Å². The third-order valence-corrected chi connectivity index (χ3v) is 19.6. The minimum atomic E-state index is -5.29. The second kappa shape index (κ2) is 17.2. The van der Waals surface area contributed by atoms with Gasteiger partial charge < -0.3 is 18.9 Å². The molecule has 352 valence electrons. The molecule has 6 unspecified atom stereocenters. The first-order chi connectivity index (χ1) is 28.8. The van der Waals surface area contributed by atoms with E-state index >= 15 is 0 Å². The quantitative estimate of drug-likeness (QED) is 0.0621. The summed E-state index contributed by atoms with van der Waals surface area (Å²) in [5.41, 5.74) is -1.14. The van der Waals surface area contributed by atoms with Crippen molar-refractivity contribution < 1.29 is 64.1 Å². The lowest BCUT2D eigenvalue weighted by molar-refractivity contribution is -0.169. The van der Waals surface area contributed by atoms with Crippen molar-refractivity contribution in [2.75, 3.05) is 13.2 Å². The Morgan fingerprint density at radius 1 is 0.629 bits per heavy atom. The lowest BCUT2D eigenvalue weighted by atomic mass is 9.43. The van der Waals surface area contributed by atoms with Crippen LogP contribution in [-0.4, -0.2) is 84.2 Å². The average molecular weight is 913 g/mol. The summed E-state index contributed by atoms with van der Waals surface area (Å²) >= 11 is 0. The summed E-state index contributed by atoms with van der Waals surface area (Å²) in [6.07, 6.45) is 15.8. The van der Waals surface area contributed by atoms with Gasteiger partial charge in [-0.05, 0) is 208 Å². The Bertz CT molecular complexity index is 1900. The highest BCUT2D eigenvalue weighted by atomic mass is 32.2. The highest BCUT2D eigenvalue weighted by Crippen LogP contribution is 2.66. The second-order valence-corrected chi connectivity index (χ2v) is 26.2. The Kier molecular flexibility index (Phi) is 13.2. The van der Waals surface area contributed by atoms with Crippen LogP contribution in [0, 0.1) is 64.1 Å². The molecule has 62 heavy (non-hydrogen) atoms. The van der Waals surface area contributed by atoms with Crippen LogP contribution in [0.2, 0.25) is 0 Å². The predicted molar refractivity (Wildman–Crippen MR) is 227 cm³/mol. The van der Waals surface area contributed by atoms with Crippen molar-refractivity contribution in [3.63, 3.8) is 0 Å². The summed E-state index contributed by atoms with van der Waals surface area (Å²) < 4.78 is 88.1. The maximum Gasteiger partial charge on any atom is 0.342 e. The second-order valence-electron chi connectivity index (χ2n) is 22.8. The Balaban J connectivity index is 0.952. The molecule has 6 atom stereocenters. The van der Waals surface area contributed by atoms with Crippen LogP contribution < -0.4 is 0 Å². The molecule has 0 heterocycles. The van der Waals surface area contributed by atoms with E-state index in [4.69, 9.17) is 18.9 Å². The lowest BCUT2D eigenvalue weighted by Crippen LogP contribution is -2.57. The molecule has 8 bridgehead atoms. The number of esters is 4. The summed E-state index contributed by atoms with van der Waals surface area (Å²) in [6, 6.07) is 0. The molecule has 9 aliphatic rings. The SMILES string of the molecule is CC(C)OC(=O)C(CCC1CCCC(C2C3CC4CC2CC(CCOC(=O)C(C)(C(=O)OCCC25CC6CC(CC(C6)C2)C5)S(=O)(=O)O)(C4)C3)C1)(C(=O)OC(C)(C)C)S(=O)(=O)O. The number of rotatable bonds is 17. The maximum atomic E-state index is 13.5. The van der Waals surface area contributed by atoms with Crippen LogP contribution in [0.1, 0.15) is 164 Å². The monoisotopic (exact) mass is 912 g/mol. The van der Waals surface area contributed by atoms with Gasteiger partial charge in [0, 0.05) is 0 Å². The van der Waals surface area contributed by atoms with Gasteiger partial charge in [0.1, 0.15) is 5.60 Å². The molecule has 9 rings (SSSR count). The Hall–Kier alpha value is -2.30. The summed E-state index contributed by atoms with van der Waals surface area (Å²) in [4.78, 5) is 53.9. The fourth-order valence-electron chi connectivity index (χ4n) is 14.8. The van der Waals surface area contributed by atoms with Gasteiger partial charge in [-0.2, -0.15) is 16.8 Å². The van der Waals surface area contributed by atoms with Crippen LogP contribution in [0.25, 0.3) is 0 Å². The summed E-state index contributed by atoms with van der Waals surface area (Å²) in [5.74, 6) is -1.04. The number of hydrogen-bond donors (Lipinski definition) is 2. The van der Waals surface area contributed by atoms with Crippen molar-refractivity contribution in [2.24, 2.45) is 64.1 Å². The fourth-order valence-corrected chi connectivity index (χ4v) is 16.3. The van der Waals surface area contributed by atoms with Gasteiger partial charge in [0.05, 0.1) is 19.3 Å². The first kappa shape index (κ1) is 47.7. The predicted octanol–water partition coefficient (Wildman–Crippen LogP) is 7.66. The zero-order valence-corrected chi connectivity index (χ0v) is 39.4. The molecule has 9 fully saturated rings. The Morgan fingerprint density at radius 2 is 1.11 bits per heavy atom. The average Bonchev–Trinajstić information content (AvgIpc) is 3.11. The van der Waals surface area contributed by atoms with Crippen molar-refractivity contribution >= 4 is 44.1 Å². The molecule has 9 aliphatic carbocycles. The number of ether oxygens (including phenoxy) is 4. The minimum Gasteiger partial charge on any atom is -0.464 e. The standard InChI is InChI=1S/C46H72O14S2/c1-28(2)59-40(49)46(62(54,55)56,41(50)60-42(3,4)5)11-10-29-8-7-9-34(19-29)37-35-20-33-21-36(37)27-45(25-33,26-35)13-15-58-39(48)43(6,61(51,52)53)38(47)57-14-12-44-22-30-16-31(23-44)18-32(17-30)24-44/h28-37H,7-27H2,1-6H3,(H,51,52,53)(H,54,55,56). The van der Waals surface area contributed by atoms with Gasteiger partial charge in [-0.1, -0.05) is 19.3 Å². The first-order valence-corrected chi connectivity index (χ1v) is 26.4. The molecule has 0 saturated heterocycles. The van der Waals surface area contributed by atoms with Crippen LogP contribution in [0.4, 0.5) is 0 Å². The normalized spacial score (nSPS) is 37.0. The summed E-state index contributed by atoms with van der Waals surface area (Å²) in [7, 11) is -10.5. The van der Waals surface area contributed by atoms with E-state index in [0.717, 1.165) is 84.0 Å². The first-order valence-electron chi connectivity index (χ1n) is 23.5. The van der Waals surface area contributed by atoms with E-state index in [1.54, 1.807) is 20.8 Å². The summed E-state index contributed by atoms with van der Waals surface area (Å²) in [5, 5.41) is 0. The van der Waals surface area contributed by atoms with E-state index in [0.29, 0.717) is 60.2 Å². The van der Waals surface area contributed by atoms with Crippen LogP contribution in [0.15, 0.2) is 0 Å². The van der Waals surface area contributed by atoms with Crippen molar-refractivity contribution in [1.82, 2.24) is 0 Å². The third-order valence-electron chi connectivity index (χ3n) is 16.8. The zero-order valence-electron chi connectivity index (χ0n) is 37.7. The molecule has 0 radical (unpaired) electrons. The van der Waals surface area contributed by atoms with Gasteiger partial charge >= 0.3 is 23.9 Å². The maximum absolute atomic E-state index is 13.5. The van der Waals surface area contributed by atoms with E-state index in [1.165, 1.54) is 33.1 Å². The largest absolute Gasteiger partial charge is 0.464 e. The fraction of sp³-hybridized carbons (Fsp3) is 0.913. The highest BCUT2D eigenvalue weighted by molar-refractivity contribution is 7.89. The minimum absolute atomic E-state index is 0.00985. The van der Waals surface area contributed by atoms with Crippen molar-refractivity contribution in [2.45, 2.75) is 185 Å². The molecule has 0 aliphatic heterocycles. The molecule has 0 aromatic carbocycles. The van der Waals surface area contributed by atoms with Gasteiger partial charge in [-0.25, -0.2) is 19.2 Å². The van der Waals surface area contributed by atoms with Crippen LogP contribution in [0.3, 0.4) is 0 Å². The third kappa shape index (κ3) is 9.37. The van der Waals surface area contributed by atoms with Gasteiger partial charge in [0.2, 0.25) is 0 Å². The zero-order chi connectivity index (χ0) is 45.3. The lowest BCUT2D eigenvalue weighted by Gasteiger charge is -2.62. The number of carbonyl (C=O) groups excluding carboxylic acids is 4. The molecule has 2 N–H and O–H groups in total. The molecule has 0 amide bonds. The van der Waals surface area contributed by atoms with Gasteiger partial charge in [-0.3, -0.25) is 9.11 Å². The van der Waals surface area contributed by atoms with E-state index < -0.39 is 71.7 Å². The van der Waals surface area contributed by atoms with Crippen molar-refractivity contribution in [3.05, 3.63) is 0 Å².